The highest BCUT2D eigenvalue weighted by atomic mass is 35.6. The summed E-state index contributed by atoms with van der Waals surface area (Å²) in [7, 11) is 2.87. The summed E-state index contributed by atoms with van der Waals surface area (Å²) >= 11 is 18.3. The first-order valence-corrected chi connectivity index (χ1v) is 7.87. The molecule has 3 aromatic rings. The first kappa shape index (κ1) is 17.0. The van der Waals surface area contributed by atoms with Crippen molar-refractivity contribution in [2.75, 3.05) is 14.2 Å². The molecule has 3 rings (SSSR count). The lowest BCUT2D eigenvalue weighted by atomic mass is 10.2. The number of halogens is 3. The molecule has 0 saturated heterocycles. The van der Waals surface area contributed by atoms with Gasteiger partial charge in [-0.15, -0.1) is 4.98 Å². The van der Waals surface area contributed by atoms with Crippen molar-refractivity contribution in [3.05, 3.63) is 29.6 Å². The van der Waals surface area contributed by atoms with Gasteiger partial charge in [0.25, 0.3) is 0 Å². The van der Waals surface area contributed by atoms with Gasteiger partial charge in [0.05, 0.1) is 25.3 Å². The Morgan fingerprint density at radius 1 is 0.958 bits per heavy atom. The van der Waals surface area contributed by atoms with Crippen LogP contribution in [0, 0.1) is 6.92 Å². The number of benzene rings is 1. The Morgan fingerprint density at radius 3 is 2.12 bits per heavy atom. The molecule has 2 heterocycles. The fraction of sp³-hybridized carbons (Fsp3) is 0.286. The number of hydrogen-bond acceptors (Lipinski definition) is 6. The molecule has 0 aliphatic carbocycles. The van der Waals surface area contributed by atoms with Crippen LogP contribution >= 0.6 is 34.8 Å². The molecule has 0 aliphatic rings. The Labute approximate surface area is 152 Å². The molecule has 0 N–H and O–H groups in total. The monoisotopic (exact) mass is 387 g/mol. The molecule has 0 atom stereocenters. The first-order chi connectivity index (χ1) is 11.3. The van der Waals surface area contributed by atoms with Crippen molar-refractivity contribution in [1.82, 2.24) is 24.5 Å². The smallest absolute Gasteiger partial charge is 0.324 e. The lowest BCUT2D eigenvalue weighted by Gasteiger charge is -2.14. The molecule has 10 heteroatoms. The van der Waals surface area contributed by atoms with Crippen molar-refractivity contribution in [3.8, 4) is 18.0 Å². The van der Waals surface area contributed by atoms with E-state index >= 15 is 0 Å². The van der Waals surface area contributed by atoms with Gasteiger partial charge in [-0.3, -0.25) is 4.57 Å². The maximum atomic E-state index is 6.09. The fourth-order valence-corrected chi connectivity index (χ4v) is 2.57. The summed E-state index contributed by atoms with van der Waals surface area (Å²) in [4.78, 5) is 16.8. The quantitative estimate of drug-likeness (QED) is 0.640. The number of nitrogens with zero attached hydrogens (tertiary/aromatic N) is 5. The van der Waals surface area contributed by atoms with Gasteiger partial charge in [0, 0.05) is 0 Å². The van der Waals surface area contributed by atoms with E-state index in [9.17, 15) is 0 Å². The molecule has 0 bridgehead atoms. The fourth-order valence-electron chi connectivity index (χ4n) is 2.19. The first-order valence-electron chi connectivity index (χ1n) is 6.74. The van der Waals surface area contributed by atoms with Crippen molar-refractivity contribution < 1.29 is 9.47 Å². The topological polar surface area (TPSA) is 75.0 Å². The lowest BCUT2D eigenvalue weighted by Crippen LogP contribution is -2.14. The van der Waals surface area contributed by atoms with Gasteiger partial charge in [0.1, 0.15) is 0 Å². The number of fused-ring (bicyclic) bond motifs is 1. The second kappa shape index (κ2) is 6.23. The Morgan fingerprint density at radius 2 is 1.58 bits per heavy atom. The van der Waals surface area contributed by atoms with E-state index in [-0.39, 0.29) is 23.8 Å². The normalized spacial score (nSPS) is 11.8. The summed E-state index contributed by atoms with van der Waals surface area (Å²) in [6.45, 7) is 1.94. The molecule has 24 heavy (non-hydrogen) atoms. The van der Waals surface area contributed by atoms with E-state index in [1.54, 1.807) is 4.57 Å². The van der Waals surface area contributed by atoms with Crippen LogP contribution in [-0.4, -0.2) is 38.7 Å². The van der Waals surface area contributed by atoms with E-state index in [1.165, 1.54) is 14.2 Å². The Kier molecular flexibility index (Phi) is 4.42. The summed E-state index contributed by atoms with van der Waals surface area (Å²) in [6, 6.07) is 5.78. The SMILES string of the molecule is COc1nc(OC)nc(-n2c(C(Cl)(Cl)Cl)nc3ccc(C)cc32)n1. The third-order valence-electron chi connectivity index (χ3n) is 3.21. The highest BCUT2D eigenvalue weighted by molar-refractivity contribution is 6.66. The molecule has 0 spiro atoms. The maximum Gasteiger partial charge on any atom is 0.324 e. The zero-order valence-corrected chi connectivity index (χ0v) is 15.2. The minimum atomic E-state index is -1.78. The Hall–Kier alpha value is -1.83. The summed E-state index contributed by atoms with van der Waals surface area (Å²) in [5.41, 5.74) is 2.33. The van der Waals surface area contributed by atoms with E-state index in [2.05, 4.69) is 19.9 Å². The second-order valence-corrected chi connectivity index (χ2v) is 7.15. The van der Waals surface area contributed by atoms with Crippen LogP contribution in [0.25, 0.3) is 17.0 Å². The number of alkyl halides is 3. The highest BCUT2D eigenvalue weighted by Crippen LogP contribution is 2.40. The molecule has 0 saturated carbocycles. The van der Waals surface area contributed by atoms with Gasteiger partial charge in [0.15, 0.2) is 5.82 Å². The van der Waals surface area contributed by atoms with Crippen LogP contribution in [0.2, 0.25) is 0 Å². The standard InChI is InChI=1S/C14H12Cl3N5O2/c1-7-4-5-8-9(6-7)22(10(18-8)14(15,16)17)11-19-12(23-2)21-13(20-11)24-3/h4-6H,1-3H3. The number of aryl methyl sites for hydroxylation is 1. The number of ether oxygens (including phenoxy) is 2. The molecule has 0 amide bonds. The van der Waals surface area contributed by atoms with E-state index in [4.69, 9.17) is 44.3 Å². The van der Waals surface area contributed by atoms with Gasteiger partial charge in [-0.1, -0.05) is 40.9 Å². The third kappa shape index (κ3) is 3.07. The molecule has 2 aromatic heterocycles. The van der Waals surface area contributed by atoms with Gasteiger partial charge in [0.2, 0.25) is 9.74 Å². The van der Waals surface area contributed by atoms with Crippen molar-refractivity contribution >= 4 is 45.8 Å². The minimum absolute atomic E-state index is 0.0709. The minimum Gasteiger partial charge on any atom is -0.467 e. The van der Waals surface area contributed by atoms with E-state index in [1.807, 2.05) is 25.1 Å². The highest BCUT2D eigenvalue weighted by Gasteiger charge is 2.32. The molecule has 0 aliphatic heterocycles. The molecule has 7 nitrogen and oxygen atoms in total. The zero-order chi connectivity index (χ0) is 17.5. The van der Waals surface area contributed by atoms with Crippen LogP contribution in [0.4, 0.5) is 0 Å². The summed E-state index contributed by atoms with van der Waals surface area (Å²) in [5, 5.41) is 0. The predicted molar refractivity (Wildman–Crippen MR) is 91.5 cm³/mol. The van der Waals surface area contributed by atoms with Crippen molar-refractivity contribution in [3.63, 3.8) is 0 Å². The number of methoxy groups -OCH3 is 2. The van der Waals surface area contributed by atoms with E-state index in [0.717, 1.165) is 5.56 Å². The molecular weight excluding hydrogens is 377 g/mol. The van der Waals surface area contributed by atoms with Gasteiger partial charge in [-0.25, -0.2) is 4.98 Å². The average molecular weight is 389 g/mol. The van der Waals surface area contributed by atoms with Crippen LogP contribution < -0.4 is 9.47 Å². The number of aromatic nitrogens is 5. The second-order valence-electron chi connectivity index (χ2n) is 4.87. The van der Waals surface area contributed by atoms with Gasteiger partial charge >= 0.3 is 12.0 Å². The summed E-state index contributed by atoms with van der Waals surface area (Å²) in [6.07, 6.45) is 0. The van der Waals surface area contributed by atoms with Gasteiger partial charge in [-0.2, -0.15) is 9.97 Å². The van der Waals surface area contributed by atoms with Crippen molar-refractivity contribution in [2.45, 2.75) is 10.7 Å². The summed E-state index contributed by atoms with van der Waals surface area (Å²) in [5.74, 6) is 0.330. The largest absolute Gasteiger partial charge is 0.467 e. The number of rotatable bonds is 3. The van der Waals surface area contributed by atoms with Crippen LogP contribution in [0.3, 0.4) is 0 Å². The summed E-state index contributed by atoms with van der Waals surface area (Å²) < 4.78 is 9.93. The third-order valence-corrected chi connectivity index (χ3v) is 3.72. The Balaban J connectivity index is 2.37. The van der Waals surface area contributed by atoms with Crippen LogP contribution in [0.1, 0.15) is 11.4 Å². The number of imidazole rings is 1. The van der Waals surface area contributed by atoms with E-state index < -0.39 is 3.79 Å². The van der Waals surface area contributed by atoms with Gasteiger partial charge in [-0.05, 0) is 24.6 Å². The molecule has 0 unspecified atom stereocenters. The predicted octanol–water partition coefficient (Wildman–Crippen LogP) is 3.36. The van der Waals surface area contributed by atoms with Crippen LogP contribution in [0.5, 0.6) is 12.0 Å². The molecule has 126 valence electrons. The number of hydrogen-bond donors (Lipinski definition) is 0. The molecule has 0 radical (unpaired) electrons. The lowest BCUT2D eigenvalue weighted by molar-refractivity contribution is 0.338. The molecule has 1 aromatic carbocycles. The zero-order valence-electron chi connectivity index (χ0n) is 12.9. The van der Waals surface area contributed by atoms with Crippen LogP contribution in [-0.2, 0) is 3.79 Å². The Bertz CT molecular complexity index is 885. The average Bonchev–Trinajstić information content (AvgIpc) is 2.93. The van der Waals surface area contributed by atoms with Gasteiger partial charge < -0.3 is 9.47 Å². The maximum absolute atomic E-state index is 6.09. The van der Waals surface area contributed by atoms with Crippen molar-refractivity contribution in [2.24, 2.45) is 0 Å². The molecule has 0 fully saturated rings. The molecular formula is C14H12Cl3N5O2. The van der Waals surface area contributed by atoms with E-state index in [0.29, 0.717) is 11.0 Å². The van der Waals surface area contributed by atoms with Crippen LogP contribution in [0.15, 0.2) is 18.2 Å². The van der Waals surface area contributed by atoms with Crippen molar-refractivity contribution in [1.29, 1.82) is 0 Å².